The third kappa shape index (κ3) is 4.76. The van der Waals surface area contributed by atoms with Gasteiger partial charge in [0, 0.05) is 38.1 Å². The summed E-state index contributed by atoms with van der Waals surface area (Å²) in [5.74, 6) is 0.125. The third-order valence-corrected chi connectivity index (χ3v) is 10.1. The predicted octanol–water partition coefficient (Wildman–Crippen LogP) is 2.52. The molecule has 1 aliphatic carbocycles. The van der Waals surface area contributed by atoms with Gasteiger partial charge in [-0.3, -0.25) is 14.5 Å². The first-order chi connectivity index (χ1) is 15.9. The van der Waals surface area contributed by atoms with E-state index in [1.54, 1.807) is 4.90 Å². The molecule has 8 heteroatoms. The fraction of sp³-hybridized carbons (Fsp3) is 0.692. The zero-order valence-corrected chi connectivity index (χ0v) is 21.9. The second-order valence-electron chi connectivity index (χ2n) is 11.5. The molecule has 0 atom stereocenters. The molecule has 2 heterocycles. The van der Waals surface area contributed by atoms with Gasteiger partial charge in [0.15, 0.2) is 9.84 Å². The van der Waals surface area contributed by atoms with Gasteiger partial charge >= 0.3 is 0 Å². The topological polar surface area (TPSA) is 78.0 Å². The Hall–Kier alpha value is -1.93. The van der Waals surface area contributed by atoms with Crippen molar-refractivity contribution < 1.29 is 18.0 Å². The molecular formula is C26H39N3O4S. The summed E-state index contributed by atoms with van der Waals surface area (Å²) >= 11 is 0. The van der Waals surface area contributed by atoms with Crippen LogP contribution in [0, 0.1) is 10.8 Å². The van der Waals surface area contributed by atoms with Crippen molar-refractivity contribution in [2.24, 2.45) is 10.8 Å². The minimum absolute atomic E-state index is 0.00713. The monoisotopic (exact) mass is 489 g/mol. The largest absolute Gasteiger partial charge is 0.341 e. The van der Waals surface area contributed by atoms with Gasteiger partial charge in [0.1, 0.15) is 0 Å². The molecule has 7 nitrogen and oxygen atoms in total. The van der Waals surface area contributed by atoms with E-state index in [1.165, 1.54) is 5.56 Å². The number of hydrogen-bond acceptors (Lipinski definition) is 5. The lowest BCUT2D eigenvalue weighted by Gasteiger charge is -2.49. The summed E-state index contributed by atoms with van der Waals surface area (Å²) in [5.41, 5.74) is 0.566. The van der Waals surface area contributed by atoms with E-state index in [4.69, 9.17) is 0 Å². The lowest BCUT2D eigenvalue weighted by molar-refractivity contribution is -0.142. The molecule has 1 spiro atoms. The molecule has 2 aliphatic heterocycles. The highest BCUT2D eigenvalue weighted by molar-refractivity contribution is 7.91. The van der Waals surface area contributed by atoms with E-state index in [0.29, 0.717) is 19.5 Å². The Balaban J connectivity index is 1.42. The van der Waals surface area contributed by atoms with Crippen molar-refractivity contribution in [1.82, 2.24) is 14.7 Å². The first-order valence-electron chi connectivity index (χ1n) is 12.4. The lowest BCUT2D eigenvalue weighted by Crippen LogP contribution is -2.52. The summed E-state index contributed by atoms with van der Waals surface area (Å²) < 4.78 is 23.5. The van der Waals surface area contributed by atoms with Gasteiger partial charge in [-0.2, -0.15) is 0 Å². The Morgan fingerprint density at radius 1 is 1.03 bits per heavy atom. The van der Waals surface area contributed by atoms with Crippen molar-refractivity contribution in [3.63, 3.8) is 0 Å². The molecule has 0 aromatic heterocycles. The van der Waals surface area contributed by atoms with Crippen LogP contribution in [0.1, 0.15) is 51.5 Å². The second kappa shape index (κ2) is 8.94. The van der Waals surface area contributed by atoms with Crippen LogP contribution in [0.3, 0.4) is 0 Å². The van der Waals surface area contributed by atoms with Crippen LogP contribution in [0.4, 0.5) is 0 Å². The molecule has 3 aliphatic rings. The summed E-state index contributed by atoms with van der Waals surface area (Å²) in [7, 11) is 1.26. The Bertz CT molecular complexity index is 1010. The molecule has 0 radical (unpaired) electrons. The van der Waals surface area contributed by atoms with Gasteiger partial charge in [-0.25, -0.2) is 8.42 Å². The maximum atomic E-state index is 13.2. The minimum Gasteiger partial charge on any atom is -0.341 e. The molecule has 34 heavy (non-hydrogen) atoms. The molecular weight excluding hydrogens is 450 g/mol. The number of likely N-dealkylation sites (tertiary alicyclic amines) is 1. The second-order valence-corrected chi connectivity index (χ2v) is 13.9. The van der Waals surface area contributed by atoms with Crippen LogP contribution in [-0.4, -0.2) is 86.7 Å². The predicted molar refractivity (Wildman–Crippen MR) is 133 cm³/mol. The van der Waals surface area contributed by atoms with E-state index in [9.17, 15) is 18.0 Å². The van der Waals surface area contributed by atoms with Gasteiger partial charge in [-0.05, 0) is 64.6 Å². The van der Waals surface area contributed by atoms with Gasteiger partial charge < -0.3 is 9.80 Å². The first-order valence-corrected chi connectivity index (χ1v) is 14.2. The normalized spacial score (nSPS) is 29.7. The fourth-order valence-electron chi connectivity index (χ4n) is 6.29. The van der Waals surface area contributed by atoms with Gasteiger partial charge in [-0.1, -0.05) is 30.3 Å². The molecule has 188 valence electrons. The van der Waals surface area contributed by atoms with Crippen LogP contribution in [0.15, 0.2) is 30.3 Å². The maximum Gasteiger partial charge on any atom is 0.230 e. The van der Waals surface area contributed by atoms with E-state index >= 15 is 0 Å². The smallest absolute Gasteiger partial charge is 0.230 e. The number of amides is 2. The van der Waals surface area contributed by atoms with Crippen LogP contribution in [0.25, 0.3) is 0 Å². The molecule has 1 aromatic carbocycles. The Morgan fingerprint density at radius 3 is 2.18 bits per heavy atom. The maximum absolute atomic E-state index is 13.2. The summed E-state index contributed by atoms with van der Waals surface area (Å²) in [6.07, 6.45) is 4.55. The molecule has 0 N–H and O–H groups in total. The summed E-state index contributed by atoms with van der Waals surface area (Å²) in [6, 6.07) is 10.7. The van der Waals surface area contributed by atoms with E-state index < -0.39 is 15.3 Å². The molecule has 4 rings (SSSR count). The van der Waals surface area contributed by atoms with Gasteiger partial charge in [0.05, 0.1) is 16.9 Å². The molecule has 0 bridgehead atoms. The zero-order valence-electron chi connectivity index (χ0n) is 21.0. The molecule has 1 saturated carbocycles. The highest BCUT2D eigenvalue weighted by Crippen LogP contribution is 2.52. The van der Waals surface area contributed by atoms with Crippen molar-refractivity contribution in [2.75, 3.05) is 51.8 Å². The van der Waals surface area contributed by atoms with Crippen LogP contribution >= 0.6 is 0 Å². The quantitative estimate of drug-likeness (QED) is 0.635. The Morgan fingerprint density at radius 2 is 1.62 bits per heavy atom. The van der Waals surface area contributed by atoms with E-state index in [2.05, 4.69) is 49.3 Å². The number of benzene rings is 1. The van der Waals surface area contributed by atoms with Crippen LogP contribution < -0.4 is 0 Å². The van der Waals surface area contributed by atoms with Gasteiger partial charge in [-0.15, -0.1) is 0 Å². The van der Waals surface area contributed by atoms with Crippen molar-refractivity contribution in [3.8, 4) is 0 Å². The standard InChI is InChI=1S/C26H39N3O4S/c1-24(2,23(31)28-14-16-34(32,33)17-15-28)19-29-20-25(18-22(29)30)10-12-26(13-11-25,27(3)4)21-8-6-5-7-9-21/h5-9H,10-20H2,1-4H3/t25-,26-. The van der Waals surface area contributed by atoms with E-state index in [1.807, 2.05) is 18.7 Å². The summed E-state index contributed by atoms with van der Waals surface area (Å²) in [6.45, 7) is 5.33. The van der Waals surface area contributed by atoms with Crippen molar-refractivity contribution in [3.05, 3.63) is 35.9 Å². The highest BCUT2D eigenvalue weighted by Gasteiger charge is 2.51. The molecule has 3 fully saturated rings. The third-order valence-electron chi connectivity index (χ3n) is 8.51. The number of nitrogens with zero attached hydrogens (tertiary/aromatic N) is 3. The van der Waals surface area contributed by atoms with Crippen molar-refractivity contribution >= 4 is 21.7 Å². The molecule has 0 unspecified atom stereocenters. The van der Waals surface area contributed by atoms with E-state index in [0.717, 1.165) is 25.7 Å². The van der Waals surface area contributed by atoms with Gasteiger partial charge in [0.25, 0.3) is 0 Å². The van der Waals surface area contributed by atoms with Crippen molar-refractivity contribution in [2.45, 2.75) is 51.5 Å². The van der Waals surface area contributed by atoms with Crippen LogP contribution in [0.2, 0.25) is 0 Å². The molecule has 1 aromatic rings. The highest BCUT2D eigenvalue weighted by atomic mass is 32.2. The van der Waals surface area contributed by atoms with Gasteiger partial charge in [0.2, 0.25) is 11.8 Å². The Kier molecular flexibility index (Phi) is 6.62. The first kappa shape index (κ1) is 25.2. The average molecular weight is 490 g/mol. The number of sulfone groups is 1. The number of hydrogen-bond donors (Lipinski definition) is 0. The Labute approximate surface area is 204 Å². The molecule has 2 amide bonds. The zero-order chi connectivity index (χ0) is 24.8. The lowest BCUT2D eigenvalue weighted by atomic mass is 9.64. The van der Waals surface area contributed by atoms with Crippen LogP contribution in [0.5, 0.6) is 0 Å². The fourth-order valence-corrected chi connectivity index (χ4v) is 7.49. The summed E-state index contributed by atoms with van der Waals surface area (Å²) in [5, 5.41) is 0. The van der Waals surface area contributed by atoms with Crippen LogP contribution in [-0.2, 0) is 25.0 Å². The van der Waals surface area contributed by atoms with E-state index in [-0.39, 0.29) is 47.4 Å². The van der Waals surface area contributed by atoms with Crippen molar-refractivity contribution in [1.29, 1.82) is 0 Å². The number of rotatable bonds is 5. The minimum atomic E-state index is -3.04. The summed E-state index contributed by atoms with van der Waals surface area (Å²) in [4.78, 5) is 32.2. The SMILES string of the molecule is CN(C)[C@]1(c2ccccc2)CC[C@@]2(CC1)CC(=O)N(CC(C)(C)C(=O)N1CCS(=O)(=O)CC1)C2. The molecule has 2 saturated heterocycles. The number of carbonyl (C=O) groups excluding carboxylic acids is 2. The average Bonchev–Trinajstić information content (AvgIpc) is 3.08. The number of carbonyl (C=O) groups is 2.